The maximum atomic E-state index is 10.6. The average molecular weight is 211 g/mol. The van der Waals surface area contributed by atoms with Crippen LogP contribution in [-0.2, 0) is 11.3 Å². The van der Waals surface area contributed by atoms with Gasteiger partial charge in [0.05, 0.1) is 13.1 Å². The Kier molecular flexibility index (Phi) is 2.68. The number of nitrogens with zero attached hydrogens (tertiary/aromatic N) is 3. The Morgan fingerprint density at radius 3 is 2.87 bits per heavy atom. The van der Waals surface area contributed by atoms with Gasteiger partial charge in [0.15, 0.2) is 5.82 Å². The molecule has 1 aromatic heterocycles. The minimum Gasteiger partial charge on any atom is -0.480 e. The van der Waals surface area contributed by atoms with Gasteiger partial charge in [0.2, 0.25) is 5.89 Å². The van der Waals surface area contributed by atoms with Crippen LogP contribution in [0.5, 0.6) is 0 Å². The Balaban J connectivity index is 1.96. The van der Waals surface area contributed by atoms with Crippen molar-refractivity contribution in [2.75, 3.05) is 6.54 Å². The van der Waals surface area contributed by atoms with Crippen molar-refractivity contribution >= 4 is 5.97 Å². The first-order valence-corrected chi connectivity index (χ1v) is 4.90. The van der Waals surface area contributed by atoms with E-state index in [0.717, 1.165) is 12.8 Å². The molecule has 0 saturated heterocycles. The van der Waals surface area contributed by atoms with Crippen LogP contribution < -0.4 is 0 Å². The zero-order valence-electron chi connectivity index (χ0n) is 8.51. The number of rotatable bonds is 5. The van der Waals surface area contributed by atoms with Crippen molar-refractivity contribution < 1.29 is 14.4 Å². The first-order valence-electron chi connectivity index (χ1n) is 4.90. The van der Waals surface area contributed by atoms with Gasteiger partial charge < -0.3 is 9.63 Å². The maximum absolute atomic E-state index is 10.6. The Morgan fingerprint density at radius 2 is 2.40 bits per heavy atom. The third-order valence-electron chi connectivity index (χ3n) is 2.32. The SMILES string of the molecule is Cc1nc(CN(CC(=O)O)C2CC2)no1. The number of carboxylic acids is 1. The molecule has 1 aliphatic rings. The van der Waals surface area contributed by atoms with Gasteiger partial charge in [-0.1, -0.05) is 5.16 Å². The molecule has 0 unspecified atom stereocenters. The molecule has 0 spiro atoms. The summed E-state index contributed by atoms with van der Waals surface area (Å²) >= 11 is 0. The molecular formula is C9H13N3O3. The monoisotopic (exact) mass is 211 g/mol. The van der Waals surface area contributed by atoms with E-state index < -0.39 is 5.97 Å². The van der Waals surface area contributed by atoms with Crippen LogP contribution >= 0.6 is 0 Å². The van der Waals surface area contributed by atoms with E-state index in [0.29, 0.717) is 24.3 Å². The van der Waals surface area contributed by atoms with Crippen LogP contribution in [0.15, 0.2) is 4.52 Å². The van der Waals surface area contributed by atoms with E-state index in [-0.39, 0.29) is 6.54 Å². The second-order valence-electron chi connectivity index (χ2n) is 3.76. The van der Waals surface area contributed by atoms with Crippen molar-refractivity contribution in [3.8, 4) is 0 Å². The van der Waals surface area contributed by atoms with Crippen molar-refractivity contribution in [2.45, 2.75) is 32.4 Å². The lowest BCUT2D eigenvalue weighted by atomic mass is 10.4. The van der Waals surface area contributed by atoms with Crippen LogP contribution in [0.3, 0.4) is 0 Å². The molecular weight excluding hydrogens is 198 g/mol. The lowest BCUT2D eigenvalue weighted by Crippen LogP contribution is -2.31. The summed E-state index contributed by atoms with van der Waals surface area (Å²) in [6.07, 6.45) is 2.12. The van der Waals surface area contributed by atoms with Crippen LogP contribution in [0.4, 0.5) is 0 Å². The zero-order valence-corrected chi connectivity index (χ0v) is 8.51. The molecule has 1 heterocycles. The van der Waals surface area contributed by atoms with Gasteiger partial charge in [-0.2, -0.15) is 4.98 Å². The topological polar surface area (TPSA) is 79.5 Å². The summed E-state index contributed by atoms with van der Waals surface area (Å²) in [5, 5.41) is 12.5. The predicted molar refractivity (Wildman–Crippen MR) is 50.1 cm³/mol. The van der Waals surface area contributed by atoms with Crippen molar-refractivity contribution in [1.82, 2.24) is 15.0 Å². The summed E-state index contributed by atoms with van der Waals surface area (Å²) in [5.74, 6) is 0.249. The van der Waals surface area contributed by atoms with Gasteiger partial charge in [-0.15, -0.1) is 0 Å². The van der Waals surface area contributed by atoms with Crippen molar-refractivity contribution in [1.29, 1.82) is 0 Å². The lowest BCUT2D eigenvalue weighted by molar-refractivity contribution is -0.138. The number of carboxylic acid groups (broad SMARTS) is 1. The van der Waals surface area contributed by atoms with Crippen LogP contribution in [0, 0.1) is 6.92 Å². The summed E-state index contributed by atoms with van der Waals surface area (Å²) in [6.45, 7) is 2.21. The quantitative estimate of drug-likeness (QED) is 0.760. The second-order valence-corrected chi connectivity index (χ2v) is 3.76. The smallest absolute Gasteiger partial charge is 0.317 e. The minimum absolute atomic E-state index is 0.0399. The van der Waals surface area contributed by atoms with Gasteiger partial charge in [0.1, 0.15) is 0 Å². The fourth-order valence-electron chi connectivity index (χ4n) is 1.51. The number of aliphatic carboxylic acids is 1. The molecule has 6 heteroatoms. The second kappa shape index (κ2) is 3.98. The van der Waals surface area contributed by atoms with Gasteiger partial charge in [-0.25, -0.2) is 0 Å². The Labute approximate surface area is 86.9 Å². The van der Waals surface area contributed by atoms with Crippen molar-refractivity contribution in [3.05, 3.63) is 11.7 Å². The fourth-order valence-corrected chi connectivity index (χ4v) is 1.51. The number of aryl methyl sites for hydroxylation is 1. The summed E-state index contributed by atoms with van der Waals surface area (Å²) in [6, 6.07) is 0.375. The molecule has 1 aliphatic carbocycles. The number of hydrogen-bond acceptors (Lipinski definition) is 5. The lowest BCUT2D eigenvalue weighted by Gasteiger charge is -2.16. The number of aromatic nitrogens is 2. The Bertz CT molecular complexity index is 359. The van der Waals surface area contributed by atoms with Crippen LogP contribution in [0.25, 0.3) is 0 Å². The highest BCUT2D eigenvalue weighted by atomic mass is 16.5. The molecule has 6 nitrogen and oxygen atoms in total. The zero-order chi connectivity index (χ0) is 10.8. The predicted octanol–water partition coefficient (Wildman–Crippen LogP) is 0.427. The standard InChI is InChI=1S/C9H13N3O3/c1-6-10-8(11-15-6)4-12(5-9(13)14)7-2-3-7/h7H,2-5H2,1H3,(H,13,14). The molecule has 0 bridgehead atoms. The van der Waals surface area contributed by atoms with E-state index in [9.17, 15) is 4.79 Å². The van der Waals surface area contributed by atoms with Gasteiger partial charge in [0.25, 0.3) is 0 Å². The fraction of sp³-hybridized carbons (Fsp3) is 0.667. The highest BCUT2D eigenvalue weighted by Crippen LogP contribution is 2.27. The molecule has 0 amide bonds. The van der Waals surface area contributed by atoms with Gasteiger partial charge >= 0.3 is 5.97 Å². The van der Waals surface area contributed by atoms with Crippen molar-refractivity contribution in [2.24, 2.45) is 0 Å². The van der Waals surface area contributed by atoms with Crippen LogP contribution in [0.2, 0.25) is 0 Å². The summed E-state index contributed by atoms with van der Waals surface area (Å²) < 4.78 is 4.84. The third kappa shape index (κ3) is 2.76. The largest absolute Gasteiger partial charge is 0.480 e. The van der Waals surface area contributed by atoms with Gasteiger partial charge in [0, 0.05) is 13.0 Å². The van der Waals surface area contributed by atoms with E-state index in [1.54, 1.807) is 6.92 Å². The average Bonchev–Trinajstić information content (AvgIpc) is 2.90. The molecule has 0 aliphatic heterocycles. The molecule has 1 aromatic rings. The molecule has 2 rings (SSSR count). The molecule has 1 N–H and O–H groups in total. The first-order chi connectivity index (χ1) is 7.15. The van der Waals surface area contributed by atoms with Gasteiger partial charge in [-0.3, -0.25) is 9.69 Å². The molecule has 0 aromatic carbocycles. The highest BCUT2D eigenvalue weighted by Gasteiger charge is 2.31. The molecule has 0 radical (unpaired) electrons. The summed E-state index contributed by atoms with van der Waals surface area (Å²) in [4.78, 5) is 16.6. The van der Waals surface area contributed by atoms with Crippen LogP contribution in [-0.4, -0.2) is 38.7 Å². The minimum atomic E-state index is -0.817. The van der Waals surface area contributed by atoms with Crippen molar-refractivity contribution in [3.63, 3.8) is 0 Å². The van der Waals surface area contributed by atoms with Crippen LogP contribution in [0.1, 0.15) is 24.6 Å². The summed E-state index contributed by atoms with van der Waals surface area (Å²) in [5.41, 5.74) is 0. The van der Waals surface area contributed by atoms with Gasteiger partial charge in [-0.05, 0) is 12.8 Å². The first kappa shape index (κ1) is 10.1. The van der Waals surface area contributed by atoms with E-state index in [4.69, 9.17) is 9.63 Å². The number of carbonyl (C=O) groups is 1. The number of hydrogen-bond donors (Lipinski definition) is 1. The molecule has 1 saturated carbocycles. The molecule has 1 fully saturated rings. The molecule has 82 valence electrons. The molecule has 0 atom stereocenters. The Morgan fingerprint density at radius 1 is 1.67 bits per heavy atom. The van der Waals surface area contributed by atoms with E-state index in [1.165, 1.54) is 0 Å². The van der Waals surface area contributed by atoms with E-state index >= 15 is 0 Å². The highest BCUT2D eigenvalue weighted by molar-refractivity contribution is 5.69. The summed E-state index contributed by atoms with van der Waals surface area (Å²) in [7, 11) is 0. The normalized spacial score (nSPS) is 15.9. The van der Waals surface area contributed by atoms with E-state index in [2.05, 4.69) is 10.1 Å². The van der Waals surface area contributed by atoms with E-state index in [1.807, 2.05) is 4.90 Å². The Hall–Kier alpha value is -1.43. The maximum Gasteiger partial charge on any atom is 0.317 e. The third-order valence-corrected chi connectivity index (χ3v) is 2.32. The molecule has 15 heavy (non-hydrogen) atoms.